The van der Waals surface area contributed by atoms with E-state index in [0.717, 1.165) is 16.2 Å². The Morgan fingerprint density at radius 1 is 0.966 bits per heavy atom. The normalized spacial score (nSPS) is 15.8. The van der Waals surface area contributed by atoms with Gasteiger partial charge in [-0.3, -0.25) is 4.98 Å². The Labute approximate surface area is 178 Å². The summed E-state index contributed by atoms with van der Waals surface area (Å²) in [5.41, 5.74) is 2.37. The minimum absolute atomic E-state index is 0.224. The monoisotopic (exact) mass is 384 g/mol. The molecule has 0 aliphatic carbocycles. The highest BCUT2D eigenvalue weighted by atomic mass is 16.3. The first-order chi connectivity index (χ1) is 15.9. The summed E-state index contributed by atoms with van der Waals surface area (Å²) in [4.78, 5) is 4.51. The van der Waals surface area contributed by atoms with Gasteiger partial charge in [-0.15, -0.1) is 0 Å². The average Bonchev–Trinajstić information content (AvgIpc) is 3.17. The molecule has 2 nitrogen and oxygen atoms in total. The molecule has 5 rings (SSSR count). The zero-order valence-electron chi connectivity index (χ0n) is 21.7. The molecule has 2 heteroatoms. The van der Waals surface area contributed by atoms with E-state index in [1.54, 1.807) is 30.5 Å². The lowest BCUT2D eigenvalue weighted by molar-refractivity contribution is 0.411. The molecule has 5 aromatic rings. The van der Waals surface area contributed by atoms with Crippen molar-refractivity contribution in [1.82, 2.24) is 4.98 Å². The molecular formula is C27H25NO. The van der Waals surface area contributed by atoms with Gasteiger partial charge in [-0.25, -0.2) is 0 Å². The number of hydrogen-bond acceptors (Lipinski definition) is 2. The number of fused-ring (bicyclic) bond motifs is 5. The van der Waals surface area contributed by atoms with Crippen LogP contribution in [-0.2, 0) is 6.37 Å². The molecule has 3 aromatic carbocycles. The van der Waals surface area contributed by atoms with Gasteiger partial charge in [-0.1, -0.05) is 57.2 Å². The second-order valence-corrected chi connectivity index (χ2v) is 8.44. The van der Waals surface area contributed by atoms with Gasteiger partial charge in [0.15, 0.2) is 0 Å². The number of rotatable bonds is 2. The lowest BCUT2D eigenvalue weighted by Gasteiger charge is -2.18. The highest BCUT2D eigenvalue weighted by Gasteiger charge is 2.18. The van der Waals surface area contributed by atoms with Crippen LogP contribution < -0.4 is 0 Å². The van der Waals surface area contributed by atoms with E-state index in [0.29, 0.717) is 33.4 Å². The van der Waals surface area contributed by atoms with Crippen LogP contribution in [0.4, 0.5) is 0 Å². The first-order valence-corrected chi connectivity index (χ1v) is 9.74. The highest BCUT2D eigenvalue weighted by molar-refractivity contribution is 6.18. The van der Waals surface area contributed by atoms with Crippen LogP contribution in [0.2, 0.25) is 0 Å². The standard InChI is InChI=1S/C27H25NO/c1-17-9-11-21(23-15-18(13-14-28-23)16-27(2,3)4)26-24(17)22-12-10-19-7-5-6-8-20(19)25(22)29-26/h5-15H,16H2,1-4H3/i1D3,16D2. The van der Waals surface area contributed by atoms with Crippen LogP contribution in [0.25, 0.3) is 44.0 Å². The van der Waals surface area contributed by atoms with E-state index in [2.05, 4.69) is 4.98 Å². The van der Waals surface area contributed by atoms with E-state index in [9.17, 15) is 0 Å². The molecule has 2 aromatic heterocycles. The first-order valence-electron chi connectivity index (χ1n) is 12.2. The van der Waals surface area contributed by atoms with Crippen LogP contribution in [-0.4, -0.2) is 4.98 Å². The highest BCUT2D eigenvalue weighted by Crippen LogP contribution is 2.40. The van der Waals surface area contributed by atoms with Crippen LogP contribution in [0.5, 0.6) is 0 Å². The molecule has 29 heavy (non-hydrogen) atoms. The van der Waals surface area contributed by atoms with Crippen LogP contribution in [0, 0.1) is 12.3 Å². The molecule has 0 N–H and O–H groups in total. The van der Waals surface area contributed by atoms with E-state index < -0.39 is 18.6 Å². The second kappa shape index (κ2) is 6.45. The van der Waals surface area contributed by atoms with E-state index >= 15 is 0 Å². The molecule has 2 heterocycles. The van der Waals surface area contributed by atoms with Crippen LogP contribution in [0.3, 0.4) is 0 Å². The Kier molecular flexibility index (Phi) is 2.93. The molecule has 0 amide bonds. The summed E-state index contributed by atoms with van der Waals surface area (Å²) < 4.78 is 48.1. The predicted molar refractivity (Wildman–Crippen MR) is 122 cm³/mol. The summed E-state index contributed by atoms with van der Waals surface area (Å²) in [6, 6.07) is 18.5. The topological polar surface area (TPSA) is 26.0 Å². The lowest BCUT2D eigenvalue weighted by Crippen LogP contribution is -2.09. The Bertz CT molecular complexity index is 1560. The van der Waals surface area contributed by atoms with Crippen LogP contribution in [0.1, 0.15) is 38.8 Å². The molecule has 0 radical (unpaired) electrons. The maximum atomic E-state index is 8.68. The van der Waals surface area contributed by atoms with Gasteiger partial charge in [0.05, 0.1) is 5.69 Å². The summed E-state index contributed by atoms with van der Waals surface area (Å²) in [6.07, 6.45) is 0.00229. The molecule has 0 aliphatic rings. The summed E-state index contributed by atoms with van der Waals surface area (Å²) in [5.74, 6) is 0. The third-order valence-corrected chi connectivity index (χ3v) is 5.07. The lowest BCUT2D eigenvalue weighted by atomic mass is 9.88. The van der Waals surface area contributed by atoms with E-state index in [1.165, 1.54) is 0 Å². The zero-order chi connectivity index (χ0) is 24.5. The summed E-state index contributed by atoms with van der Waals surface area (Å²) in [7, 11) is 0. The van der Waals surface area contributed by atoms with Gasteiger partial charge in [0, 0.05) is 34.8 Å². The fraction of sp³-hybridized carbons (Fsp3) is 0.222. The van der Waals surface area contributed by atoms with Gasteiger partial charge in [0.25, 0.3) is 0 Å². The third-order valence-electron chi connectivity index (χ3n) is 5.07. The molecule has 0 aliphatic heterocycles. The number of furan rings is 1. The number of hydrogen-bond donors (Lipinski definition) is 0. The molecular weight excluding hydrogens is 354 g/mol. The Morgan fingerprint density at radius 3 is 2.66 bits per heavy atom. The van der Waals surface area contributed by atoms with Crippen molar-refractivity contribution in [2.24, 2.45) is 5.41 Å². The summed E-state index contributed by atoms with van der Waals surface area (Å²) >= 11 is 0. The Hall–Kier alpha value is -3.13. The van der Waals surface area contributed by atoms with Gasteiger partial charge >= 0.3 is 0 Å². The molecule has 144 valence electrons. The fourth-order valence-corrected chi connectivity index (χ4v) is 3.90. The summed E-state index contributed by atoms with van der Waals surface area (Å²) in [5, 5.41) is 3.20. The van der Waals surface area contributed by atoms with Gasteiger partial charge in [0.1, 0.15) is 11.2 Å². The average molecular weight is 385 g/mol. The van der Waals surface area contributed by atoms with Crippen molar-refractivity contribution >= 4 is 32.7 Å². The quantitative estimate of drug-likeness (QED) is 0.312. The molecule has 0 saturated carbocycles. The van der Waals surface area contributed by atoms with E-state index in [-0.39, 0.29) is 5.56 Å². The van der Waals surface area contributed by atoms with Crippen molar-refractivity contribution in [3.05, 3.63) is 78.0 Å². The first kappa shape index (κ1) is 13.2. The number of pyridine rings is 1. The maximum Gasteiger partial charge on any atom is 0.145 e. The SMILES string of the molecule is [2H]C([2H])([2H])c1ccc(-c2cc(C([2H])([2H])C(C)(C)C)ccn2)c2oc3c4ccccc4ccc3c12. The maximum absolute atomic E-state index is 8.68. The zero-order valence-corrected chi connectivity index (χ0v) is 16.7. The van der Waals surface area contributed by atoms with Crippen LogP contribution >= 0.6 is 0 Å². The van der Waals surface area contributed by atoms with Crippen molar-refractivity contribution in [1.29, 1.82) is 0 Å². The van der Waals surface area contributed by atoms with Crippen molar-refractivity contribution in [2.45, 2.75) is 34.0 Å². The third kappa shape index (κ3) is 3.09. The van der Waals surface area contributed by atoms with E-state index in [1.807, 2.05) is 57.2 Å². The van der Waals surface area contributed by atoms with Gasteiger partial charge in [0.2, 0.25) is 0 Å². The van der Waals surface area contributed by atoms with E-state index in [4.69, 9.17) is 11.3 Å². The largest absolute Gasteiger partial charge is 0.455 e. The summed E-state index contributed by atoms with van der Waals surface area (Å²) in [6.45, 7) is 3.26. The molecule has 0 atom stereocenters. The predicted octanol–water partition coefficient (Wildman–Crippen LogP) is 7.70. The number of nitrogens with zero attached hydrogens (tertiary/aromatic N) is 1. The van der Waals surface area contributed by atoms with Crippen molar-refractivity contribution in [3.8, 4) is 11.3 Å². The Balaban J connectivity index is 1.85. The molecule has 0 bridgehead atoms. The van der Waals surface area contributed by atoms with Gasteiger partial charge in [-0.2, -0.15) is 0 Å². The minimum Gasteiger partial charge on any atom is -0.455 e. The smallest absolute Gasteiger partial charge is 0.145 e. The van der Waals surface area contributed by atoms with Gasteiger partial charge < -0.3 is 4.42 Å². The molecule has 0 saturated heterocycles. The fourth-order valence-electron chi connectivity index (χ4n) is 3.90. The number of aryl methyl sites for hydroxylation is 1. The number of aromatic nitrogens is 1. The molecule has 0 unspecified atom stereocenters. The van der Waals surface area contributed by atoms with Crippen molar-refractivity contribution in [2.75, 3.05) is 0 Å². The molecule has 0 fully saturated rings. The minimum atomic E-state index is -2.32. The Morgan fingerprint density at radius 2 is 1.83 bits per heavy atom. The van der Waals surface area contributed by atoms with Gasteiger partial charge in [-0.05, 0) is 59.4 Å². The number of benzene rings is 3. The van der Waals surface area contributed by atoms with Crippen LogP contribution in [0.15, 0.2) is 71.3 Å². The molecule has 0 spiro atoms. The van der Waals surface area contributed by atoms with Crippen molar-refractivity contribution < 1.29 is 11.3 Å². The second-order valence-electron chi connectivity index (χ2n) is 8.44. The van der Waals surface area contributed by atoms with Crippen molar-refractivity contribution in [3.63, 3.8) is 0 Å².